The summed E-state index contributed by atoms with van der Waals surface area (Å²) in [5.41, 5.74) is 0.525. The molecule has 10 nitrogen and oxygen atoms in total. The zero-order valence-electron chi connectivity index (χ0n) is 22.2. The average Bonchev–Trinajstić information content (AvgIpc) is 2.95. The Hall–Kier alpha value is -3.96. The van der Waals surface area contributed by atoms with Gasteiger partial charge in [0.05, 0.1) is 17.7 Å². The highest BCUT2D eigenvalue weighted by molar-refractivity contribution is 6.31. The number of rotatable bonds is 13. The summed E-state index contributed by atoms with van der Waals surface area (Å²) in [4.78, 5) is 43.0. The Balaban J connectivity index is 1.58. The number of hydrogen-bond donors (Lipinski definition) is 4. The predicted molar refractivity (Wildman–Crippen MR) is 151 cm³/mol. The van der Waals surface area contributed by atoms with Crippen LogP contribution in [0.2, 0.25) is 5.02 Å². The summed E-state index contributed by atoms with van der Waals surface area (Å²) in [6.07, 6.45) is 2.15. The van der Waals surface area contributed by atoms with Gasteiger partial charge in [0.1, 0.15) is 18.2 Å². The first-order chi connectivity index (χ1) is 19.3. The van der Waals surface area contributed by atoms with Crippen molar-refractivity contribution < 1.29 is 28.6 Å². The fourth-order valence-corrected chi connectivity index (χ4v) is 4.21. The molecule has 0 saturated carbocycles. The molecule has 1 atom stereocenters. The zero-order chi connectivity index (χ0) is 28.9. The monoisotopic (exact) mass is 573 g/mol. The third-order valence-electron chi connectivity index (χ3n) is 6.25. The highest BCUT2D eigenvalue weighted by atomic mass is 35.5. The number of aliphatic hydroxyl groups is 1. The van der Waals surface area contributed by atoms with Gasteiger partial charge in [0.15, 0.2) is 0 Å². The number of ether oxygens (including phenoxy) is 1. The van der Waals surface area contributed by atoms with E-state index in [4.69, 9.17) is 21.4 Å². The molecule has 1 aromatic heterocycles. The van der Waals surface area contributed by atoms with Crippen molar-refractivity contribution in [1.82, 2.24) is 20.5 Å². The SMILES string of the molecule is CN(C(=O)CCc1cccc(F)c1Cl)[C@@H](CCCNC(=O)NCCO)COC(=O)Nc1cc2ccccc2cn1. The zero-order valence-corrected chi connectivity index (χ0v) is 22.9. The number of carbonyl (C=O) groups is 3. The summed E-state index contributed by atoms with van der Waals surface area (Å²) < 4.78 is 19.2. The second kappa shape index (κ2) is 15.6. The number of amides is 4. The van der Waals surface area contributed by atoms with Gasteiger partial charge >= 0.3 is 12.1 Å². The second-order valence-electron chi connectivity index (χ2n) is 9.06. The third kappa shape index (κ3) is 9.35. The van der Waals surface area contributed by atoms with Gasteiger partial charge in [-0.3, -0.25) is 10.1 Å². The third-order valence-corrected chi connectivity index (χ3v) is 6.67. The number of aliphatic hydroxyl groups excluding tert-OH is 1. The number of pyridine rings is 1. The fourth-order valence-electron chi connectivity index (χ4n) is 3.99. The van der Waals surface area contributed by atoms with Crippen LogP contribution < -0.4 is 16.0 Å². The van der Waals surface area contributed by atoms with Crippen LogP contribution in [0.25, 0.3) is 10.8 Å². The van der Waals surface area contributed by atoms with Crippen LogP contribution in [0.4, 0.5) is 19.8 Å². The van der Waals surface area contributed by atoms with Crippen LogP contribution in [-0.2, 0) is 16.0 Å². The Morgan fingerprint density at radius 2 is 1.85 bits per heavy atom. The molecule has 3 rings (SSSR count). The van der Waals surface area contributed by atoms with Crippen molar-refractivity contribution in [2.24, 2.45) is 0 Å². The lowest BCUT2D eigenvalue weighted by Gasteiger charge is -2.28. The van der Waals surface area contributed by atoms with E-state index in [1.165, 1.54) is 17.0 Å². The van der Waals surface area contributed by atoms with Crippen LogP contribution >= 0.6 is 11.6 Å². The molecule has 0 aliphatic heterocycles. The lowest BCUT2D eigenvalue weighted by molar-refractivity contribution is -0.132. The number of nitrogens with zero attached hydrogens (tertiary/aromatic N) is 2. The van der Waals surface area contributed by atoms with Crippen LogP contribution in [-0.4, -0.2) is 72.4 Å². The average molecular weight is 574 g/mol. The smallest absolute Gasteiger partial charge is 0.412 e. The van der Waals surface area contributed by atoms with Crippen molar-refractivity contribution in [3.8, 4) is 0 Å². The predicted octanol–water partition coefficient (Wildman–Crippen LogP) is 4.11. The van der Waals surface area contributed by atoms with E-state index >= 15 is 0 Å². The number of hydrogen-bond acceptors (Lipinski definition) is 6. The highest BCUT2D eigenvalue weighted by Crippen LogP contribution is 2.21. The first-order valence-electron chi connectivity index (χ1n) is 12.9. The molecule has 12 heteroatoms. The van der Waals surface area contributed by atoms with E-state index in [1.807, 2.05) is 24.3 Å². The molecule has 4 N–H and O–H groups in total. The molecule has 0 spiro atoms. The Morgan fingerprint density at radius 3 is 2.62 bits per heavy atom. The normalized spacial score (nSPS) is 11.5. The minimum absolute atomic E-state index is 0.0117. The minimum Gasteiger partial charge on any atom is -0.447 e. The topological polar surface area (TPSA) is 133 Å². The van der Waals surface area contributed by atoms with Gasteiger partial charge in [0, 0.05) is 38.1 Å². The van der Waals surface area contributed by atoms with Gasteiger partial charge in [0.25, 0.3) is 0 Å². The summed E-state index contributed by atoms with van der Waals surface area (Å²) in [6, 6.07) is 12.9. The molecule has 0 aliphatic carbocycles. The largest absolute Gasteiger partial charge is 0.447 e. The van der Waals surface area contributed by atoms with Gasteiger partial charge in [-0.1, -0.05) is 48.0 Å². The summed E-state index contributed by atoms with van der Waals surface area (Å²) in [5, 5.41) is 18.4. The van der Waals surface area contributed by atoms with E-state index in [-0.39, 0.29) is 43.5 Å². The molecule has 3 aromatic rings. The molecule has 214 valence electrons. The molecular formula is C28H33ClFN5O5. The maximum absolute atomic E-state index is 13.8. The number of halogens is 2. The Kier molecular flexibility index (Phi) is 11.9. The van der Waals surface area contributed by atoms with Gasteiger partial charge in [-0.2, -0.15) is 0 Å². The number of fused-ring (bicyclic) bond motifs is 1. The first-order valence-corrected chi connectivity index (χ1v) is 13.3. The number of urea groups is 1. The van der Waals surface area contributed by atoms with Crippen LogP contribution in [0.1, 0.15) is 24.8 Å². The lowest BCUT2D eigenvalue weighted by atomic mass is 10.1. The van der Waals surface area contributed by atoms with Crippen molar-refractivity contribution in [2.45, 2.75) is 31.7 Å². The van der Waals surface area contributed by atoms with Crippen LogP contribution in [0, 0.1) is 5.82 Å². The molecule has 0 unspecified atom stereocenters. The molecule has 2 aromatic carbocycles. The molecule has 4 amide bonds. The Labute approximate surface area is 236 Å². The van der Waals surface area contributed by atoms with Crippen molar-refractivity contribution in [3.63, 3.8) is 0 Å². The van der Waals surface area contributed by atoms with Crippen molar-refractivity contribution in [2.75, 3.05) is 38.7 Å². The molecular weight excluding hydrogens is 541 g/mol. The van der Waals surface area contributed by atoms with E-state index in [2.05, 4.69) is 20.9 Å². The lowest BCUT2D eigenvalue weighted by Crippen LogP contribution is -2.42. The summed E-state index contributed by atoms with van der Waals surface area (Å²) in [5.74, 6) is -0.456. The maximum Gasteiger partial charge on any atom is 0.412 e. The van der Waals surface area contributed by atoms with Gasteiger partial charge < -0.3 is 25.4 Å². The molecule has 40 heavy (non-hydrogen) atoms. The number of likely N-dealkylation sites (N-methyl/N-ethyl adjacent to an activating group) is 1. The Morgan fingerprint density at radius 1 is 1.10 bits per heavy atom. The van der Waals surface area contributed by atoms with Crippen molar-refractivity contribution >= 4 is 46.2 Å². The van der Waals surface area contributed by atoms with E-state index in [1.54, 1.807) is 25.4 Å². The van der Waals surface area contributed by atoms with Gasteiger partial charge in [0.2, 0.25) is 5.91 Å². The first kappa shape index (κ1) is 30.6. The Bertz CT molecular complexity index is 1310. The summed E-state index contributed by atoms with van der Waals surface area (Å²) in [7, 11) is 1.60. The van der Waals surface area contributed by atoms with E-state index in [9.17, 15) is 18.8 Å². The minimum atomic E-state index is -0.721. The number of benzene rings is 2. The van der Waals surface area contributed by atoms with Gasteiger partial charge in [-0.15, -0.1) is 0 Å². The number of aromatic nitrogens is 1. The van der Waals surface area contributed by atoms with E-state index in [0.717, 1.165) is 10.8 Å². The molecule has 0 bridgehead atoms. The molecule has 0 fully saturated rings. The van der Waals surface area contributed by atoms with Crippen LogP contribution in [0.15, 0.2) is 54.7 Å². The number of nitrogens with one attached hydrogen (secondary N) is 3. The van der Waals surface area contributed by atoms with Gasteiger partial charge in [-0.05, 0) is 42.3 Å². The molecule has 0 aliphatic rings. The number of carbonyl (C=O) groups excluding carboxylic acids is 3. The van der Waals surface area contributed by atoms with Crippen LogP contribution in [0.5, 0.6) is 0 Å². The highest BCUT2D eigenvalue weighted by Gasteiger charge is 2.22. The summed E-state index contributed by atoms with van der Waals surface area (Å²) >= 11 is 6.02. The second-order valence-corrected chi connectivity index (χ2v) is 9.44. The molecule has 0 saturated heterocycles. The van der Waals surface area contributed by atoms with E-state index < -0.39 is 24.0 Å². The molecule has 0 radical (unpaired) electrons. The van der Waals surface area contributed by atoms with Gasteiger partial charge in [-0.25, -0.2) is 19.0 Å². The van der Waals surface area contributed by atoms with Crippen molar-refractivity contribution in [1.29, 1.82) is 0 Å². The number of aryl methyl sites for hydroxylation is 1. The quantitative estimate of drug-likeness (QED) is 0.228. The summed E-state index contributed by atoms with van der Waals surface area (Å²) in [6.45, 7) is 0.175. The fraction of sp³-hybridized carbons (Fsp3) is 0.357. The molecule has 1 heterocycles. The number of anilines is 1. The van der Waals surface area contributed by atoms with E-state index in [0.29, 0.717) is 30.8 Å². The maximum atomic E-state index is 13.8. The van der Waals surface area contributed by atoms with Crippen LogP contribution in [0.3, 0.4) is 0 Å². The van der Waals surface area contributed by atoms with Crippen molar-refractivity contribution in [3.05, 3.63) is 71.1 Å². The standard InChI is InChI=1S/C28H33ClFN5O5/c1-35(25(37)12-11-19-8-4-10-23(30)26(19)29)22(9-5-13-31-27(38)32-14-15-36)18-40-28(39)34-24-16-20-6-2-3-7-21(20)17-33-24/h2-4,6-8,10,16-17,22,36H,5,9,11-15,18H2,1H3,(H2,31,32,38)(H,33,34,39)/t22-/m0/s1.